The molecule has 152 valence electrons. The summed E-state index contributed by atoms with van der Waals surface area (Å²) in [4.78, 5) is 16.1. The van der Waals surface area contributed by atoms with E-state index in [1.54, 1.807) is 13.8 Å². The van der Waals surface area contributed by atoms with E-state index in [4.69, 9.17) is 0 Å². The molecule has 2 rings (SSSR count). The summed E-state index contributed by atoms with van der Waals surface area (Å²) < 4.78 is 62.8. The van der Waals surface area contributed by atoms with Gasteiger partial charge in [0, 0.05) is 25.8 Å². The van der Waals surface area contributed by atoms with E-state index in [1.807, 2.05) is 0 Å². The minimum absolute atomic E-state index is 0.0463. The molecule has 7 nitrogen and oxygen atoms in total. The minimum Gasteiger partial charge on any atom is -0.368 e. The number of aromatic nitrogens is 1. The van der Waals surface area contributed by atoms with Crippen LogP contribution in [0.3, 0.4) is 0 Å². The Morgan fingerprint density at radius 3 is 2.48 bits per heavy atom. The maximum absolute atomic E-state index is 12.5. The number of nitrogens with one attached hydrogen (secondary N) is 2. The van der Waals surface area contributed by atoms with Crippen LogP contribution in [0.1, 0.15) is 25.8 Å². The molecule has 2 N–H and O–H groups in total. The number of sulfonamides is 1. The highest BCUT2D eigenvalue weighted by atomic mass is 32.2. The van der Waals surface area contributed by atoms with Crippen molar-refractivity contribution in [3.63, 3.8) is 0 Å². The van der Waals surface area contributed by atoms with Crippen molar-refractivity contribution in [2.24, 2.45) is 5.92 Å². The standard InChI is InChI=1S/C16H23F3N4O3S/c1-11(2)14(23-8-3-9-27(23,25)26)15(24)21-7-6-20-13-5-4-12(10-22-13)16(17,18)19/h4-5,10-11,14H,3,6-9H2,1-2H3,(H,20,22)(H,21,24). The highest BCUT2D eigenvalue weighted by molar-refractivity contribution is 7.89. The molecule has 27 heavy (non-hydrogen) atoms. The average molecular weight is 408 g/mol. The Kier molecular flexibility index (Phi) is 6.68. The predicted octanol–water partition coefficient (Wildman–Crippen LogP) is 1.69. The van der Waals surface area contributed by atoms with Gasteiger partial charge in [0.05, 0.1) is 11.3 Å². The number of hydrogen-bond acceptors (Lipinski definition) is 5. The molecule has 1 aliphatic heterocycles. The Labute approximate surface area is 156 Å². The van der Waals surface area contributed by atoms with Crippen LogP contribution < -0.4 is 10.6 Å². The van der Waals surface area contributed by atoms with Gasteiger partial charge in [-0.1, -0.05) is 13.8 Å². The lowest BCUT2D eigenvalue weighted by atomic mass is 10.0. The summed E-state index contributed by atoms with van der Waals surface area (Å²) in [5.74, 6) is -0.287. The molecule has 1 fully saturated rings. The van der Waals surface area contributed by atoms with Gasteiger partial charge in [0.15, 0.2) is 0 Å². The molecule has 1 amide bonds. The summed E-state index contributed by atoms with van der Waals surface area (Å²) in [5.41, 5.74) is -0.840. The Morgan fingerprint density at radius 1 is 1.30 bits per heavy atom. The first-order valence-corrected chi connectivity index (χ1v) is 10.2. The van der Waals surface area contributed by atoms with Gasteiger partial charge in [-0.2, -0.15) is 17.5 Å². The molecule has 0 spiro atoms. The first-order chi connectivity index (χ1) is 12.5. The second-order valence-electron chi connectivity index (χ2n) is 6.62. The molecular formula is C16H23F3N4O3S. The zero-order chi connectivity index (χ0) is 20.2. The number of alkyl halides is 3. The molecule has 1 aromatic rings. The fourth-order valence-electron chi connectivity index (χ4n) is 2.88. The van der Waals surface area contributed by atoms with Gasteiger partial charge in [0.2, 0.25) is 15.9 Å². The van der Waals surface area contributed by atoms with Gasteiger partial charge in [-0.25, -0.2) is 13.4 Å². The van der Waals surface area contributed by atoms with Crippen molar-refractivity contribution < 1.29 is 26.4 Å². The van der Waals surface area contributed by atoms with E-state index < -0.39 is 33.7 Å². The molecule has 1 saturated heterocycles. The van der Waals surface area contributed by atoms with Crippen LogP contribution in [-0.2, 0) is 21.0 Å². The van der Waals surface area contributed by atoms with Crippen LogP contribution in [-0.4, -0.2) is 55.0 Å². The van der Waals surface area contributed by atoms with E-state index in [-0.39, 0.29) is 30.6 Å². The largest absolute Gasteiger partial charge is 0.417 e. The molecule has 11 heteroatoms. The maximum atomic E-state index is 12.5. The van der Waals surface area contributed by atoms with Gasteiger partial charge in [0.25, 0.3) is 0 Å². The van der Waals surface area contributed by atoms with Crippen molar-refractivity contribution in [3.05, 3.63) is 23.9 Å². The minimum atomic E-state index is -4.44. The van der Waals surface area contributed by atoms with E-state index in [1.165, 1.54) is 10.4 Å². The topological polar surface area (TPSA) is 91.4 Å². The smallest absolute Gasteiger partial charge is 0.368 e. The number of carbonyl (C=O) groups is 1. The van der Waals surface area contributed by atoms with Gasteiger partial charge in [-0.3, -0.25) is 4.79 Å². The Hall–Kier alpha value is -1.88. The first kappa shape index (κ1) is 21.4. The number of nitrogens with zero attached hydrogens (tertiary/aromatic N) is 2. The Bertz CT molecular complexity index is 751. The summed E-state index contributed by atoms with van der Waals surface area (Å²) in [6.07, 6.45) is -3.21. The summed E-state index contributed by atoms with van der Waals surface area (Å²) in [6, 6.07) is 1.35. The van der Waals surface area contributed by atoms with E-state index in [0.29, 0.717) is 13.0 Å². The Morgan fingerprint density at radius 2 is 2.00 bits per heavy atom. The van der Waals surface area contributed by atoms with Crippen LogP contribution in [0.15, 0.2) is 18.3 Å². The predicted molar refractivity (Wildman–Crippen MR) is 94.5 cm³/mol. The second-order valence-corrected chi connectivity index (χ2v) is 8.66. The zero-order valence-corrected chi connectivity index (χ0v) is 15.9. The normalized spacial score (nSPS) is 18.4. The van der Waals surface area contributed by atoms with Crippen molar-refractivity contribution in [2.75, 3.05) is 30.7 Å². The monoisotopic (exact) mass is 408 g/mol. The van der Waals surface area contributed by atoms with Crippen molar-refractivity contribution in [1.29, 1.82) is 0 Å². The molecule has 1 aromatic heterocycles. The molecule has 0 bridgehead atoms. The highest BCUT2D eigenvalue weighted by Crippen LogP contribution is 2.28. The number of rotatable bonds is 7. The van der Waals surface area contributed by atoms with E-state index >= 15 is 0 Å². The van der Waals surface area contributed by atoms with Crippen molar-refractivity contribution >= 4 is 21.7 Å². The van der Waals surface area contributed by atoms with Crippen LogP contribution in [0, 0.1) is 5.92 Å². The molecule has 1 atom stereocenters. The van der Waals surface area contributed by atoms with Gasteiger partial charge >= 0.3 is 6.18 Å². The van der Waals surface area contributed by atoms with Crippen LogP contribution in [0.5, 0.6) is 0 Å². The number of hydrogen-bond donors (Lipinski definition) is 2. The third-order valence-corrected chi connectivity index (χ3v) is 6.10. The van der Waals surface area contributed by atoms with E-state index in [0.717, 1.165) is 12.3 Å². The molecule has 1 aliphatic rings. The average Bonchev–Trinajstić information content (AvgIpc) is 2.90. The molecule has 0 radical (unpaired) electrons. The fraction of sp³-hybridized carbons (Fsp3) is 0.625. The molecule has 1 unspecified atom stereocenters. The van der Waals surface area contributed by atoms with Crippen LogP contribution in [0.4, 0.5) is 19.0 Å². The Balaban J connectivity index is 1.86. The lowest BCUT2D eigenvalue weighted by Crippen LogP contribution is -2.51. The molecule has 2 heterocycles. The quantitative estimate of drug-likeness (QED) is 0.670. The van der Waals surface area contributed by atoms with Crippen LogP contribution in [0.2, 0.25) is 0 Å². The highest BCUT2D eigenvalue weighted by Gasteiger charge is 2.39. The maximum Gasteiger partial charge on any atom is 0.417 e. The first-order valence-electron chi connectivity index (χ1n) is 8.57. The van der Waals surface area contributed by atoms with Gasteiger partial charge in [-0.05, 0) is 24.5 Å². The van der Waals surface area contributed by atoms with Gasteiger partial charge in [0.1, 0.15) is 11.9 Å². The summed E-state index contributed by atoms with van der Waals surface area (Å²) >= 11 is 0. The van der Waals surface area contributed by atoms with Gasteiger partial charge < -0.3 is 10.6 Å². The number of amides is 1. The van der Waals surface area contributed by atoms with Crippen molar-refractivity contribution in [1.82, 2.24) is 14.6 Å². The van der Waals surface area contributed by atoms with Crippen LogP contribution >= 0.6 is 0 Å². The molecule has 0 saturated carbocycles. The second kappa shape index (κ2) is 8.42. The lowest BCUT2D eigenvalue weighted by Gasteiger charge is -2.28. The summed E-state index contributed by atoms with van der Waals surface area (Å²) in [5, 5.41) is 5.48. The molecular weight excluding hydrogens is 385 g/mol. The van der Waals surface area contributed by atoms with Gasteiger partial charge in [-0.15, -0.1) is 0 Å². The van der Waals surface area contributed by atoms with E-state index in [2.05, 4.69) is 15.6 Å². The molecule has 0 aliphatic carbocycles. The van der Waals surface area contributed by atoms with Crippen LogP contribution in [0.25, 0.3) is 0 Å². The number of halogens is 3. The molecule has 0 aromatic carbocycles. The van der Waals surface area contributed by atoms with E-state index in [9.17, 15) is 26.4 Å². The lowest BCUT2D eigenvalue weighted by molar-refractivity contribution is -0.137. The number of carbonyl (C=O) groups excluding carboxylic acids is 1. The van der Waals surface area contributed by atoms with Crippen molar-refractivity contribution in [3.8, 4) is 0 Å². The zero-order valence-electron chi connectivity index (χ0n) is 15.1. The SMILES string of the molecule is CC(C)C(C(=O)NCCNc1ccc(C(F)(F)F)cn1)N1CCCS1(=O)=O. The number of pyridine rings is 1. The fourth-order valence-corrected chi connectivity index (χ4v) is 4.71. The van der Waals surface area contributed by atoms with Crippen molar-refractivity contribution in [2.45, 2.75) is 32.5 Å². The third kappa shape index (κ3) is 5.55. The summed E-state index contributed by atoms with van der Waals surface area (Å²) in [7, 11) is -3.41. The summed E-state index contributed by atoms with van der Waals surface area (Å²) in [6.45, 7) is 4.30. The third-order valence-electron chi connectivity index (χ3n) is 4.17. The number of anilines is 1.